The first-order valence-electron chi connectivity index (χ1n) is 8.21. The molecule has 0 fully saturated rings. The van der Waals surface area contributed by atoms with E-state index < -0.39 is 8.07 Å². The molecule has 2 rings (SSSR count). The summed E-state index contributed by atoms with van der Waals surface area (Å²) < 4.78 is 0.318. The molecule has 133 valence electrons. The van der Waals surface area contributed by atoms with Crippen molar-refractivity contribution in [2.45, 2.75) is 63.9 Å². The van der Waals surface area contributed by atoms with Crippen LogP contribution in [0.5, 0.6) is 0 Å². The van der Waals surface area contributed by atoms with Crippen LogP contribution in [0.15, 0.2) is 40.6 Å². The Bertz CT molecular complexity index is 523. The number of allylic oxidation sites excluding steroid dienone is 7. The van der Waals surface area contributed by atoms with Crippen LogP contribution in [-0.2, 0) is 21.7 Å². The fourth-order valence-electron chi connectivity index (χ4n) is 3.53. The van der Waals surface area contributed by atoms with E-state index in [2.05, 4.69) is 76.0 Å². The summed E-state index contributed by atoms with van der Waals surface area (Å²) in [6.45, 7) is 12.0. The van der Waals surface area contributed by atoms with Crippen LogP contribution < -0.4 is 24.8 Å². The van der Waals surface area contributed by atoms with Crippen LogP contribution in [0.3, 0.4) is 0 Å². The predicted molar refractivity (Wildman–Crippen MR) is 100 cm³/mol. The first kappa shape index (κ1) is 27.0. The van der Waals surface area contributed by atoms with Crippen LogP contribution in [0.4, 0.5) is 0 Å². The van der Waals surface area contributed by atoms with Crippen molar-refractivity contribution in [2.75, 3.05) is 5.75 Å². The van der Waals surface area contributed by atoms with Gasteiger partial charge in [0.05, 0.1) is 8.07 Å². The standard InChI is InChI=1S/C19H29SSi.2ClH.Ti/c1-6-7-14-20-19(13-12-16(2)15-17(19)3)21(4,5)18-10-8-9-11-18;;;/h8,10,12,15H,6-7,9,13-14H2,1-5H3;2*1H;/q-1;;;+3/p-2. The van der Waals surface area contributed by atoms with Gasteiger partial charge in [0.25, 0.3) is 0 Å². The number of halogens is 2. The third-order valence-corrected chi connectivity index (χ3v) is 12.8. The number of thioether (sulfide) groups is 1. The fraction of sp³-hybridized carbons (Fsp3) is 0.579. The van der Waals surface area contributed by atoms with Gasteiger partial charge < -0.3 is 24.8 Å². The molecule has 1 unspecified atom stereocenters. The van der Waals surface area contributed by atoms with E-state index in [4.69, 9.17) is 0 Å². The molecule has 0 saturated heterocycles. The SMILES string of the molecule is CCCCSC1([Si](C)(C)C2=[C-]CC=C2)CC=C(C)C=C1C.[Cl-].[Cl-].[Ti+3]. The smallest absolute Gasteiger partial charge is 1.00 e. The molecule has 0 nitrogen and oxygen atoms in total. The van der Waals surface area contributed by atoms with Gasteiger partial charge in [0.1, 0.15) is 0 Å². The Labute approximate surface area is 181 Å². The molecule has 0 aromatic heterocycles. The molecule has 0 saturated carbocycles. The molecule has 1 radical (unpaired) electrons. The molecule has 5 heteroatoms. The maximum absolute atomic E-state index is 3.65. The Balaban J connectivity index is 0. The summed E-state index contributed by atoms with van der Waals surface area (Å²) >= 11 is 2.23. The summed E-state index contributed by atoms with van der Waals surface area (Å²) in [6, 6.07) is 0. The second kappa shape index (κ2) is 11.5. The Morgan fingerprint density at radius 1 is 1.25 bits per heavy atom. The molecular weight excluding hydrogens is 407 g/mol. The fourth-order valence-corrected chi connectivity index (χ4v) is 10.1. The molecule has 0 heterocycles. The van der Waals surface area contributed by atoms with Crippen LogP contribution >= 0.6 is 11.8 Å². The Morgan fingerprint density at radius 3 is 2.42 bits per heavy atom. The second-order valence-electron chi connectivity index (χ2n) is 6.83. The van der Waals surface area contributed by atoms with Crippen molar-refractivity contribution in [2.24, 2.45) is 0 Å². The summed E-state index contributed by atoms with van der Waals surface area (Å²) in [5, 5.41) is 1.53. The quantitative estimate of drug-likeness (QED) is 0.322. The zero-order chi connectivity index (χ0) is 15.5. The van der Waals surface area contributed by atoms with Crippen molar-refractivity contribution < 1.29 is 46.5 Å². The Morgan fingerprint density at radius 2 is 1.92 bits per heavy atom. The summed E-state index contributed by atoms with van der Waals surface area (Å²) in [4.78, 5) is 0. The van der Waals surface area contributed by atoms with E-state index in [1.807, 2.05) is 0 Å². The summed E-state index contributed by atoms with van der Waals surface area (Å²) in [5.41, 5.74) is 3.03. The molecule has 2 aliphatic carbocycles. The minimum absolute atomic E-state index is 0. The zero-order valence-electron chi connectivity index (χ0n) is 15.5. The molecule has 2 aliphatic rings. The molecule has 0 amide bonds. The molecule has 0 aromatic rings. The average Bonchev–Trinajstić information content (AvgIpc) is 2.96. The van der Waals surface area contributed by atoms with E-state index in [-0.39, 0.29) is 46.5 Å². The number of hydrogen-bond acceptors (Lipinski definition) is 1. The first-order chi connectivity index (χ1) is 9.94. The normalized spacial score (nSPS) is 22.5. The monoisotopic (exact) mass is 435 g/mol. The van der Waals surface area contributed by atoms with Gasteiger partial charge in [0.2, 0.25) is 0 Å². The maximum Gasteiger partial charge on any atom is 3.00 e. The molecule has 0 aromatic carbocycles. The Hall–Kier alpha value is 0.821. The molecule has 0 spiro atoms. The van der Waals surface area contributed by atoms with Crippen molar-refractivity contribution >= 4 is 19.8 Å². The van der Waals surface area contributed by atoms with Crippen molar-refractivity contribution in [3.63, 3.8) is 0 Å². The van der Waals surface area contributed by atoms with Gasteiger partial charge in [-0.3, -0.25) is 6.08 Å². The van der Waals surface area contributed by atoms with Gasteiger partial charge in [-0.1, -0.05) is 49.7 Å². The van der Waals surface area contributed by atoms with Gasteiger partial charge in [0, 0.05) is 4.37 Å². The largest absolute Gasteiger partial charge is 3.00 e. The van der Waals surface area contributed by atoms with Gasteiger partial charge in [-0.05, 0) is 32.4 Å². The van der Waals surface area contributed by atoms with E-state index >= 15 is 0 Å². The first-order valence-corrected chi connectivity index (χ1v) is 12.2. The van der Waals surface area contributed by atoms with Crippen molar-refractivity contribution in [3.05, 3.63) is 46.7 Å². The van der Waals surface area contributed by atoms with E-state index in [0.29, 0.717) is 4.37 Å². The van der Waals surface area contributed by atoms with Gasteiger partial charge in [0.15, 0.2) is 0 Å². The van der Waals surface area contributed by atoms with Gasteiger partial charge in [-0.25, -0.2) is 11.3 Å². The molecule has 0 bridgehead atoms. The van der Waals surface area contributed by atoms with Crippen LogP contribution in [0.2, 0.25) is 13.1 Å². The number of hydrogen-bond donors (Lipinski definition) is 0. The molecule has 24 heavy (non-hydrogen) atoms. The minimum Gasteiger partial charge on any atom is -1.00 e. The number of unbranched alkanes of at least 4 members (excludes halogenated alkanes) is 1. The summed E-state index contributed by atoms with van der Waals surface area (Å²) in [6.07, 6.45) is 18.0. The van der Waals surface area contributed by atoms with Gasteiger partial charge in [-0.2, -0.15) is 17.8 Å². The maximum atomic E-state index is 3.65. The second-order valence-corrected chi connectivity index (χ2v) is 13.2. The third kappa shape index (κ3) is 5.41. The van der Waals surface area contributed by atoms with Crippen LogP contribution in [0.1, 0.15) is 46.5 Å². The van der Waals surface area contributed by atoms with E-state index in [9.17, 15) is 0 Å². The summed E-state index contributed by atoms with van der Waals surface area (Å²) in [7, 11) is -1.59. The molecular formula is C19H29Cl2SSiTi. The summed E-state index contributed by atoms with van der Waals surface area (Å²) in [5.74, 6) is 1.28. The Kier molecular flexibility index (Phi) is 13.0. The van der Waals surface area contributed by atoms with Gasteiger partial charge >= 0.3 is 21.7 Å². The van der Waals surface area contributed by atoms with Gasteiger partial charge in [-0.15, -0.1) is 6.42 Å². The van der Waals surface area contributed by atoms with E-state index in [1.165, 1.54) is 35.8 Å². The topological polar surface area (TPSA) is 0 Å². The van der Waals surface area contributed by atoms with Crippen molar-refractivity contribution in [3.8, 4) is 0 Å². The van der Waals surface area contributed by atoms with E-state index in [1.54, 1.807) is 5.57 Å². The van der Waals surface area contributed by atoms with E-state index in [0.717, 1.165) is 6.42 Å². The molecule has 1 atom stereocenters. The molecule has 0 N–H and O–H groups in total. The third-order valence-electron chi connectivity index (χ3n) is 5.02. The van der Waals surface area contributed by atoms with Crippen molar-refractivity contribution in [1.29, 1.82) is 0 Å². The molecule has 0 aliphatic heterocycles. The van der Waals surface area contributed by atoms with Crippen LogP contribution in [0, 0.1) is 6.08 Å². The number of rotatable bonds is 6. The van der Waals surface area contributed by atoms with Crippen molar-refractivity contribution in [1.82, 2.24) is 0 Å². The average molecular weight is 436 g/mol. The minimum atomic E-state index is -1.59. The predicted octanol–water partition coefficient (Wildman–Crippen LogP) is 0.0366. The van der Waals surface area contributed by atoms with Crippen LogP contribution in [0.25, 0.3) is 0 Å². The van der Waals surface area contributed by atoms with Crippen LogP contribution in [-0.4, -0.2) is 18.2 Å². The zero-order valence-corrected chi connectivity index (χ0v) is 20.4.